The molecule has 0 aliphatic carbocycles. The summed E-state index contributed by atoms with van der Waals surface area (Å²) in [6.45, 7) is 3.90. The molecule has 6 nitrogen and oxygen atoms in total. The van der Waals surface area contributed by atoms with Gasteiger partial charge in [-0.15, -0.1) is 0 Å². The molecule has 0 atom stereocenters. The van der Waals surface area contributed by atoms with Gasteiger partial charge >= 0.3 is 6.18 Å². The Morgan fingerprint density at radius 1 is 0.938 bits per heavy atom. The van der Waals surface area contributed by atoms with Crippen molar-refractivity contribution in [2.24, 2.45) is 5.92 Å². The summed E-state index contributed by atoms with van der Waals surface area (Å²) >= 11 is 0. The van der Waals surface area contributed by atoms with Crippen LogP contribution in [0.3, 0.4) is 0 Å². The zero-order valence-corrected chi connectivity index (χ0v) is 17.8. The van der Waals surface area contributed by atoms with Gasteiger partial charge in [-0.05, 0) is 61.7 Å². The number of nitrogens with zero attached hydrogens (tertiary/aromatic N) is 1. The van der Waals surface area contributed by atoms with Crippen molar-refractivity contribution < 1.29 is 27.6 Å². The first kappa shape index (κ1) is 23.3. The minimum Gasteiger partial charge on any atom is -0.339 e. The first-order valence-electron chi connectivity index (χ1n) is 10.2. The lowest BCUT2D eigenvalue weighted by Crippen LogP contribution is -2.41. The molecule has 1 aliphatic heterocycles. The maximum Gasteiger partial charge on any atom is 0.416 e. The predicted molar refractivity (Wildman–Crippen MR) is 114 cm³/mol. The summed E-state index contributed by atoms with van der Waals surface area (Å²) in [6, 6.07) is 9.44. The van der Waals surface area contributed by atoms with Crippen LogP contribution in [0.2, 0.25) is 0 Å². The molecule has 1 saturated heterocycles. The largest absolute Gasteiger partial charge is 0.416 e. The second-order valence-corrected chi connectivity index (χ2v) is 7.86. The fraction of sp³-hybridized carbons (Fsp3) is 0.348. The highest BCUT2D eigenvalue weighted by Gasteiger charge is 2.31. The first-order chi connectivity index (χ1) is 15.0. The van der Waals surface area contributed by atoms with E-state index >= 15 is 0 Å². The second kappa shape index (κ2) is 9.42. The Kier molecular flexibility index (Phi) is 6.86. The van der Waals surface area contributed by atoms with Crippen molar-refractivity contribution in [3.05, 3.63) is 59.2 Å². The van der Waals surface area contributed by atoms with Crippen molar-refractivity contribution in [1.82, 2.24) is 4.90 Å². The van der Waals surface area contributed by atoms with Gasteiger partial charge in [-0.2, -0.15) is 13.2 Å². The van der Waals surface area contributed by atoms with Gasteiger partial charge < -0.3 is 15.5 Å². The molecule has 32 heavy (non-hydrogen) atoms. The number of nitrogens with one attached hydrogen (secondary N) is 2. The number of carbonyl (C=O) groups excluding carboxylic acids is 3. The Balaban J connectivity index is 1.60. The SMILES string of the molecule is CC(=O)Nc1ccc(C)cc1NC(=O)C1CCN(C(=O)c2ccc(C(F)(F)F)cc2)CC1. The Morgan fingerprint density at radius 3 is 2.12 bits per heavy atom. The topological polar surface area (TPSA) is 78.5 Å². The van der Waals surface area contributed by atoms with E-state index in [1.54, 1.807) is 17.0 Å². The van der Waals surface area contributed by atoms with E-state index < -0.39 is 11.7 Å². The van der Waals surface area contributed by atoms with Gasteiger partial charge in [-0.3, -0.25) is 14.4 Å². The molecule has 1 fully saturated rings. The van der Waals surface area contributed by atoms with Crippen LogP contribution >= 0.6 is 0 Å². The lowest BCUT2D eigenvalue weighted by atomic mass is 9.95. The van der Waals surface area contributed by atoms with Gasteiger partial charge in [0.15, 0.2) is 0 Å². The molecule has 1 heterocycles. The fourth-order valence-corrected chi connectivity index (χ4v) is 3.62. The molecule has 3 rings (SSSR count). The summed E-state index contributed by atoms with van der Waals surface area (Å²) in [5.41, 5.74) is 1.31. The number of likely N-dealkylation sites (tertiary alicyclic amines) is 1. The summed E-state index contributed by atoms with van der Waals surface area (Å²) in [7, 11) is 0. The van der Waals surface area contributed by atoms with Crippen LogP contribution in [0.1, 0.15) is 41.3 Å². The van der Waals surface area contributed by atoms with Crippen LogP contribution in [0, 0.1) is 12.8 Å². The Morgan fingerprint density at radius 2 is 1.56 bits per heavy atom. The van der Waals surface area contributed by atoms with Crippen LogP contribution in [-0.4, -0.2) is 35.7 Å². The van der Waals surface area contributed by atoms with E-state index in [0.29, 0.717) is 37.3 Å². The molecule has 1 aliphatic rings. The average Bonchev–Trinajstić information content (AvgIpc) is 2.74. The average molecular weight is 447 g/mol. The maximum atomic E-state index is 12.8. The van der Waals surface area contributed by atoms with E-state index in [1.807, 2.05) is 13.0 Å². The van der Waals surface area contributed by atoms with Gasteiger partial charge in [-0.1, -0.05) is 6.07 Å². The van der Waals surface area contributed by atoms with Crippen molar-refractivity contribution in [2.75, 3.05) is 23.7 Å². The number of hydrogen-bond donors (Lipinski definition) is 2. The van der Waals surface area contributed by atoms with Crippen LogP contribution in [0.4, 0.5) is 24.5 Å². The summed E-state index contributed by atoms with van der Waals surface area (Å²) in [5.74, 6) is -1.13. The standard InChI is InChI=1S/C23H24F3N3O3/c1-14-3-8-19(27-15(2)30)20(13-14)28-21(31)16-9-11-29(12-10-16)22(32)17-4-6-18(7-5-17)23(24,25)26/h3-8,13,16H,9-12H2,1-2H3,(H,27,30)(H,28,31). The van der Waals surface area contributed by atoms with E-state index in [0.717, 1.165) is 17.7 Å². The molecule has 170 valence electrons. The van der Waals surface area contributed by atoms with Gasteiger partial charge in [0, 0.05) is 31.5 Å². The number of piperidine rings is 1. The lowest BCUT2D eigenvalue weighted by Gasteiger charge is -2.31. The third kappa shape index (κ3) is 5.66. The van der Waals surface area contributed by atoms with Crippen molar-refractivity contribution in [3.63, 3.8) is 0 Å². The highest BCUT2D eigenvalue weighted by atomic mass is 19.4. The summed E-state index contributed by atoms with van der Waals surface area (Å²) in [4.78, 5) is 38.3. The number of amides is 3. The molecule has 0 aromatic heterocycles. The van der Waals surface area contributed by atoms with E-state index in [2.05, 4.69) is 10.6 Å². The van der Waals surface area contributed by atoms with Gasteiger partial charge in [0.25, 0.3) is 5.91 Å². The Bertz CT molecular complexity index is 1010. The Labute approximate surface area is 183 Å². The second-order valence-electron chi connectivity index (χ2n) is 7.86. The molecule has 2 aromatic carbocycles. The highest BCUT2D eigenvalue weighted by Crippen LogP contribution is 2.30. The number of rotatable bonds is 4. The number of anilines is 2. The molecule has 2 aromatic rings. The number of halogens is 3. The number of benzene rings is 2. The smallest absolute Gasteiger partial charge is 0.339 e. The molecule has 0 saturated carbocycles. The first-order valence-corrected chi connectivity index (χ1v) is 10.2. The number of hydrogen-bond acceptors (Lipinski definition) is 3. The monoisotopic (exact) mass is 447 g/mol. The number of alkyl halides is 3. The molecule has 2 N–H and O–H groups in total. The predicted octanol–water partition coefficient (Wildman–Crippen LogP) is 4.46. The molecule has 0 radical (unpaired) electrons. The van der Waals surface area contributed by atoms with Gasteiger partial charge in [0.05, 0.1) is 16.9 Å². The van der Waals surface area contributed by atoms with E-state index in [1.165, 1.54) is 19.1 Å². The zero-order valence-electron chi connectivity index (χ0n) is 17.8. The number of carbonyl (C=O) groups is 3. The van der Waals surface area contributed by atoms with Crippen LogP contribution in [0.5, 0.6) is 0 Å². The molecular formula is C23H24F3N3O3. The van der Waals surface area contributed by atoms with Crippen molar-refractivity contribution >= 4 is 29.1 Å². The molecule has 9 heteroatoms. The van der Waals surface area contributed by atoms with Crippen molar-refractivity contribution in [3.8, 4) is 0 Å². The summed E-state index contributed by atoms with van der Waals surface area (Å²) < 4.78 is 38.1. The normalized spacial score (nSPS) is 14.7. The minimum absolute atomic E-state index is 0.181. The third-order valence-electron chi connectivity index (χ3n) is 5.36. The van der Waals surface area contributed by atoms with Crippen LogP contribution in [-0.2, 0) is 15.8 Å². The quantitative estimate of drug-likeness (QED) is 0.726. The van der Waals surface area contributed by atoms with Gasteiger partial charge in [0.2, 0.25) is 11.8 Å². The zero-order chi connectivity index (χ0) is 23.5. The molecule has 0 unspecified atom stereocenters. The van der Waals surface area contributed by atoms with Crippen LogP contribution in [0.25, 0.3) is 0 Å². The minimum atomic E-state index is -4.45. The maximum absolute atomic E-state index is 12.8. The molecule has 0 bridgehead atoms. The van der Waals surface area contributed by atoms with E-state index in [9.17, 15) is 27.6 Å². The molecule has 0 spiro atoms. The highest BCUT2D eigenvalue weighted by molar-refractivity contribution is 6.00. The van der Waals surface area contributed by atoms with E-state index in [-0.39, 0.29) is 29.2 Å². The van der Waals surface area contributed by atoms with E-state index in [4.69, 9.17) is 0 Å². The van der Waals surface area contributed by atoms with Crippen LogP contribution < -0.4 is 10.6 Å². The molecular weight excluding hydrogens is 423 g/mol. The van der Waals surface area contributed by atoms with Gasteiger partial charge in [0.1, 0.15) is 0 Å². The Hall–Kier alpha value is -3.36. The van der Waals surface area contributed by atoms with Crippen LogP contribution in [0.15, 0.2) is 42.5 Å². The molecule has 3 amide bonds. The summed E-state index contributed by atoms with van der Waals surface area (Å²) in [5, 5.41) is 5.54. The summed E-state index contributed by atoms with van der Waals surface area (Å²) in [6.07, 6.45) is -3.59. The fourth-order valence-electron chi connectivity index (χ4n) is 3.62. The third-order valence-corrected chi connectivity index (χ3v) is 5.36. The lowest BCUT2D eigenvalue weighted by molar-refractivity contribution is -0.137. The van der Waals surface area contributed by atoms with Crippen molar-refractivity contribution in [1.29, 1.82) is 0 Å². The van der Waals surface area contributed by atoms with Crippen molar-refractivity contribution in [2.45, 2.75) is 32.9 Å². The number of aryl methyl sites for hydroxylation is 1. The van der Waals surface area contributed by atoms with Gasteiger partial charge in [-0.25, -0.2) is 0 Å².